The summed E-state index contributed by atoms with van der Waals surface area (Å²) in [5, 5.41) is 38.4. The van der Waals surface area contributed by atoms with Crippen molar-refractivity contribution < 1.29 is 113 Å². The number of nitrogens with zero attached hydrogens (tertiary/aromatic N) is 3. The van der Waals surface area contributed by atoms with Crippen LogP contribution in [-0.4, -0.2) is 201 Å². The highest BCUT2D eigenvalue weighted by molar-refractivity contribution is 7.91. The molecule has 0 radical (unpaired) electrons. The number of amides is 6. The van der Waals surface area contributed by atoms with E-state index in [0.29, 0.717) is 107 Å². The number of aryl methyl sites for hydroxylation is 1. The van der Waals surface area contributed by atoms with Crippen LogP contribution in [0.3, 0.4) is 0 Å². The molecule has 1 aliphatic carbocycles. The summed E-state index contributed by atoms with van der Waals surface area (Å²) in [6, 6.07) is 16.4. The van der Waals surface area contributed by atoms with Gasteiger partial charge in [0.25, 0.3) is 46.4 Å². The maximum atomic E-state index is 14.0. The Morgan fingerprint density at radius 3 is 1.98 bits per heavy atom. The van der Waals surface area contributed by atoms with Gasteiger partial charge in [0.1, 0.15) is 28.9 Å². The number of unbranched alkanes of at least 4 members (excludes halogenated alkanes) is 4. The minimum absolute atomic E-state index is 0.105. The van der Waals surface area contributed by atoms with Crippen molar-refractivity contribution in [3.63, 3.8) is 0 Å². The predicted molar refractivity (Wildman–Crippen MR) is 458 cm³/mol. The first kappa shape index (κ1) is 97.0. The summed E-state index contributed by atoms with van der Waals surface area (Å²) in [5.41, 5.74) is 6.44. The van der Waals surface area contributed by atoms with Gasteiger partial charge in [-0.15, -0.1) is 11.3 Å². The summed E-state index contributed by atoms with van der Waals surface area (Å²) in [6.07, 6.45) is 10.6. The number of benzene rings is 4. The number of nitrogens with one attached hydrogen (secondary N) is 5. The molecular weight excluding hydrogens is 1770 g/mol. The number of aliphatic carboxylic acids is 2. The molecule has 33 nitrogen and oxygen atoms in total. The molecule has 1 fully saturated rings. The number of hydrogen-bond donors (Lipinski definition) is 12. The Labute approximate surface area is 726 Å². The molecule has 9 rings (SSSR count). The summed E-state index contributed by atoms with van der Waals surface area (Å²) in [6.45, 7) is 7.50. The number of sulfonamides is 1. The number of halogens is 3. The van der Waals surface area contributed by atoms with Crippen molar-refractivity contribution in [2.24, 2.45) is 5.14 Å². The largest absolute Gasteiger partial charge is 0.480 e. The summed E-state index contributed by atoms with van der Waals surface area (Å²) in [7, 11) is -22.3. The number of fused-ring (bicyclic) bond motifs is 2. The van der Waals surface area contributed by atoms with Crippen molar-refractivity contribution in [3.05, 3.63) is 174 Å². The van der Waals surface area contributed by atoms with Crippen molar-refractivity contribution >= 4 is 167 Å². The molecule has 4 aliphatic rings. The van der Waals surface area contributed by atoms with Gasteiger partial charge in [-0.1, -0.05) is 91.1 Å². The lowest BCUT2D eigenvalue weighted by molar-refractivity contribution is -0.438. The molecule has 122 heavy (non-hydrogen) atoms. The first-order valence-electron chi connectivity index (χ1n) is 38.9. The number of nitrogens with two attached hydrogens (primary N) is 1. The van der Waals surface area contributed by atoms with E-state index in [4.69, 9.17) is 39.9 Å². The number of carbonyl (C=O) groups is 8. The molecule has 5 aromatic rings. The molecule has 4 atom stereocenters. The summed E-state index contributed by atoms with van der Waals surface area (Å²) >= 11 is 18.9. The molecule has 4 aromatic carbocycles. The van der Waals surface area contributed by atoms with E-state index in [2.05, 4.69) is 32.7 Å². The average Bonchev–Trinajstić information content (AvgIpc) is 1.59. The predicted octanol–water partition coefficient (Wildman–Crippen LogP) is 9.04. The molecule has 6 amide bonds. The molecule has 662 valence electrons. The molecule has 1 saturated heterocycles. The summed E-state index contributed by atoms with van der Waals surface area (Å²) in [4.78, 5) is 108. The Morgan fingerprint density at radius 2 is 1.32 bits per heavy atom. The van der Waals surface area contributed by atoms with E-state index in [9.17, 15) is 109 Å². The molecule has 0 spiro atoms. The van der Waals surface area contributed by atoms with Gasteiger partial charge in [-0.2, -0.15) is 38.2 Å². The number of carboxylic acids is 2. The molecule has 4 heterocycles. The van der Waals surface area contributed by atoms with Gasteiger partial charge in [-0.3, -0.25) is 47.0 Å². The van der Waals surface area contributed by atoms with Crippen LogP contribution in [0.5, 0.6) is 0 Å². The fourth-order valence-corrected chi connectivity index (χ4v) is 20.4. The van der Waals surface area contributed by atoms with Gasteiger partial charge in [-0.25, -0.2) is 23.1 Å². The SMILES string of the molecule is CC1(C)C(/C=C/C2=C(c3cccc(CCCCC(=O)NCCCC[C@H](NC(=O)C[C@H](NC(=O)CCNC(=O)[C@H]4C[C@@H](NC(=O)Cc5ccc(Cl)cc5Cl)CN4C(=O)c4cc(Cl)sc4S(N)(=O)=O)C(=O)O)C(=O)O)c3)C(=C/C=C3/N(CCCCS(=O)(=O)O)c4ccc(S(=O)(=O)O)cc4C3(C)C)/CCC2)=[N+](CCCCS(=O)(=O)O)c2ccc(S(=O)(=O)O)cc21. The second-order valence-corrected chi connectivity index (χ2v) is 41.4. The monoisotopic (exact) mass is 1860 g/mol. The van der Waals surface area contributed by atoms with Crippen molar-refractivity contribution in [1.82, 2.24) is 31.5 Å². The molecule has 0 saturated carbocycles. The first-order valence-corrected chi connectivity index (χ1v) is 48.5. The zero-order valence-electron chi connectivity index (χ0n) is 66.9. The van der Waals surface area contributed by atoms with E-state index < -0.39 is 168 Å². The zero-order valence-corrected chi connectivity index (χ0v) is 74.1. The van der Waals surface area contributed by atoms with E-state index >= 15 is 0 Å². The van der Waals surface area contributed by atoms with Crippen molar-refractivity contribution in [2.45, 2.75) is 192 Å². The molecule has 13 N–H and O–H groups in total. The van der Waals surface area contributed by atoms with Crippen LogP contribution in [0.25, 0.3) is 5.57 Å². The Morgan fingerprint density at radius 1 is 0.656 bits per heavy atom. The molecular formula is C80H97Cl3N9O24S6+. The molecule has 0 unspecified atom stereocenters. The lowest BCUT2D eigenvalue weighted by atomic mass is 9.79. The van der Waals surface area contributed by atoms with E-state index in [1.807, 2.05) is 79.7 Å². The molecule has 3 aliphatic heterocycles. The third-order valence-electron chi connectivity index (χ3n) is 21.4. The van der Waals surface area contributed by atoms with Gasteiger partial charge in [0, 0.05) is 96.0 Å². The Kier molecular flexibility index (Phi) is 32.5. The minimum Gasteiger partial charge on any atom is -0.480 e. The van der Waals surface area contributed by atoms with Gasteiger partial charge >= 0.3 is 11.9 Å². The topological polar surface area (TPSA) is 524 Å². The van der Waals surface area contributed by atoms with E-state index in [1.54, 1.807) is 12.1 Å². The van der Waals surface area contributed by atoms with Gasteiger partial charge < -0.3 is 46.6 Å². The minimum atomic E-state index is -4.64. The Hall–Kier alpha value is -8.81. The van der Waals surface area contributed by atoms with Gasteiger partial charge in [0.05, 0.1) is 49.5 Å². The number of carboxylic acid groups (broad SMARTS) is 2. The summed E-state index contributed by atoms with van der Waals surface area (Å²) in [5.74, 6) is -8.75. The smallest absolute Gasteiger partial charge is 0.326 e. The second-order valence-electron chi connectivity index (χ2n) is 31.2. The highest BCUT2D eigenvalue weighted by atomic mass is 35.5. The normalized spacial score (nSPS) is 17.8. The van der Waals surface area contributed by atoms with Crippen LogP contribution in [0.1, 0.15) is 169 Å². The van der Waals surface area contributed by atoms with E-state index in [0.717, 1.165) is 38.8 Å². The van der Waals surface area contributed by atoms with Gasteiger partial charge in [-0.05, 0) is 191 Å². The number of rotatable bonds is 41. The molecule has 42 heteroatoms. The number of allylic oxidation sites excluding steroid dienone is 8. The van der Waals surface area contributed by atoms with Gasteiger partial charge in [0.2, 0.25) is 45.2 Å². The van der Waals surface area contributed by atoms with Crippen molar-refractivity contribution in [1.29, 1.82) is 0 Å². The van der Waals surface area contributed by atoms with Crippen LogP contribution in [-0.2, 0) is 108 Å². The number of likely N-dealkylation sites (tertiary alicyclic amines) is 1. The maximum absolute atomic E-state index is 14.0. The maximum Gasteiger partial charge on any atom is 0.326 e. The fourth-order valence-electron chi connectivity index (χ4n) is 15.5. The number of hydrogen-bond acceptors (Lipinski definition) is 20. The fraction of sp³-hybridized carbons (Fsp3) is 0.438. The number of carbonyl (C=O) groups excluding carboxylic acids is 6. The Bertz CT molecular complexity index is 5690. The van der Waals surface area contributed by atoms with Crippen LogP contribution in [0.2, 0.25) is 14.4 Å². The number of primary sulfonamides is 1. The van der Waals surface area contributed by atoms with Crippen LogP contribution >= 0.6 is 46.1 Å². The van der Waals surface area contributed by atoms with Crippen LogP contribution < -0.4 is 36.6 Å². The second kappa shape index (κ2) is 40.9. The lowest BCUT2D eigenvalue weighted by Gasteiger charge is -2.28. The van der Waals surface area contributed by atoms with E-state index in [1.165, 1.54) is 42.5 Å². The van der Waals surface area contributed by atoms with Crippen LogP contribution in [0, 0.1) is 0 Å². The Balaban J connectivity index is 0.819. The quantitative estimate of drug-likeness (QED) is 0.00985. The van der Waals surface area contributed by atoms with Gasteiger partial charge in [0.15, 0.2) is 5.71 Å². The van der Waals surface area contributed by atoms with Crippen LogP contribution in [0.4, 0.5) is 11.4 Å². The third kappa shape index (κ3) is 26.2. The average molecular weight is 1870 g/mol. The molecule has 1 aromatic heterocycles. The highest BCUT2D eigenvalue weighted by Gasteiger charge is 2.47. The molecule has 0 bridgehead atoms. The van der Waals surface area contributed by atoms with E-state index in [-0.39, 0.29) is 103 Å². The highest BCUT2D eigenvalue weighted by Crippen LogP contribution is 2.50. The van der Waals surface area contributed by atoms with Crippen LogP contribution in [0.15, 0.2) is 140 Å². The summed E-state index contributed by atoms with van der Waals surface area (Å²) < 4.78 is 163. The number of thiophene rings is 1. The zero-order chi connectivity index (χ0) is 89.8. The van der Waals surface area contributed by atoms with Crippen molar-refractivity contribution in [3.8, 4) is 0 Å². The third-order valence-corrected chi connectivity index (χ3v) is 28.1. The number of anilines is 1. The lowest BCUT2D eigenvalue weighted by Crippen LogP contribution is -2.48. The standard InChI is InChI=1S/C80H96Cl3N9O24S6/c1-79(2)58-43-55(121(111,112)113)26-28-63(58)90(35-9-11-37-118(103,104)105)66(79)30-23-49-17-14-18-50(24-31-67-80(3,4)59-44-56(122(114,115)116)27-29-64(59)91(67)36-10-12-38-119(106,107)108)73(49)52-19-13-16-48(39-52)15-5-6-21-69(93)85-33-8-7-20-61(76(99)100)88-72(96)46-62(77(101)102)89-70(94)32-34-86-74(97)65-42-54(87-71(95)40-51-22-25-53(81)41-60(51)82)47-92(65)75(98)57-45-68(83)117-78(57)120(84,109)110/h13,16,19,22-31,39,41,43-45,54,61-62,65H,5-12,14-15,17-18,20-21,32-38,40,42,46-47H2,1-4H3,(H12-,84,85,86,87,88,89,93,94,95,96,97,99,100,101,102,103,104,105,106,107,108,109,110,111,112,113,114,115,116)/p+1/t54-,61+,62+,65-/m1/s1. The first-order chi connectivity index (χ1) is 57.0. The van der Waals surface area contributed by atoms with Crippen molar-refractivity contribution in [2.75, 3.05) is 49.1 Å².